The van der Waals surface area contributed by atoms with Crippen LogP contribution in [0.1, 0.15) is 219 Å². The van der Waals surface area contributed by atoms with E-state index in [2.05, 4.69) is 24.0 Å². The first-order valence-electron chi connectivity index (χ1n) is 21.8. The van der Waals surface area contributed by atoms with Gasteiger partial charge in [0.25, 0.3) is 5.95 Å². The Morgan fingerprint density at radius 2 is 0.784 bits per heavy atom. The summed E-state index contributed by atoms with van der Waals surface area (Å²) in [7, 11) is 0. The molecule has 288 valence electrons. The van der Waals surface area contributed by atoms with Crippen molar-refractivity contribution >= 4 is 23.5 Å². The Hall–Kier alpha value is -2.70. The first-order chi connectivity index (χ1) is 25.2. The van der Waals surface area contributed by atoms with Crippen molar-refractivity contribution in [2.45, 2.75) is 219 Å². The van der Waals surface area contributed by atoms with Gasteiger partial charge in [0.05, 0.1) is 11.4 Å². The van der Waals surface area contributed by atoms with Crippen LogP contribution < -0.4 is 10.0 Å². The van der Waals surface area contributed by atoms with Crippen LogP contribution in [0.15, 0.2) is 30.6 Å². The number of amides is 2. The van der Waals surface area contributed by atoms with Gasteiger partial charge in [0.15, 0.2) is 0 Å². The molecule has 0 spiro atoms. The lowest BCUT2D eigenvalue weighted by molar-refractivity contribution is -0.124. The second kappa shape index (κ2) is 27.9. The maximum atomic E-state index is 13.8. The molecule has 0 N–H and O–H groups in total. The van der Waals surface area contributed by atoms with E-state index in [0.717, 1.165) is 49.9 Å². The topological polar surface area (TPSA) is 71.3 Å². The zero-order chi connectivity index (χ0) is 36.2. The van der Waals surface area contributed by atoms with E-state index >= 15 is 0 Å². The van der Waals surface area contributed by atoms with Crippen molar-refractivity contribution < 1.29 is 9.59 Å². The highest BCUT2D eigenvalue weighted by atomic mass is 16.2. The lowest BCUT2D eigenvalue weighted by Gasteiger charge is -2.38. The average Bonchev–Trinajstić information content (AvgIpc) is 3.64. The molecule has 0 saturated heterocycles. The van der Waals surface area contributed by atoms with Crippen LogP contribution in [0.5, 0.6) is 0 Å². The van der Waals surface area contributed by atoms with Crippen molar-refractivity contribution in [2.24, 2.45) is 0 Å². The number of rotatable bonds is 32. The summed E-state index contributed by atoms with van der Waals surface area (Å²) in [6.07, 6.45) is 41.2. The Labute approximate surface area is 312 Å². The van der Waals surface area contributed by atoms with E-state index < -0.39 is 0 Å². The predicted molar refractivity (Wildman–Crippen MR) is 215 cm³/mol. The van der Waals surface area contributed by atoms with Crippen LogP contribution in [-0.4, -0.2) is 26.6 Å². The maximum absolute atomic E-state index is 13.8. The van der Waals surface area contributed by atoms with Crippen LogP contribution in [0.2, 0.25) is 0 Å². The molecule has 0 saturated carbocycles. The molecule has 2 heterocycles. The second-order valence-electron chi connectivity index (χ2n) is 15.3. The zero-order valence-electron chi connectivity index (χ0n) is 33.1. The third kappa shape index (κ3) is 16.7. The predicted octanol–water partition coefficient (Wildman–Crippen LogP) is 13.4. The first kappa shape index (κ1) is 42.7. The van der Waals surface area contributed by atoms with E-state index in [1.165, 1.54) is 159 Å². The van der Waals surface area contributed by atoms with Gasteiger partial charge < -0.3 is 0 Å². The van der Waals surface area contributed by atoms with E-state index in [0.29, 0.717) is 18.8 Å². The molecule has 0 bridgehead atoms. The van der Waals surface area contributed by atoms with Crippen LogP contribution >= 0.6 is 0 Å². The van der Waals surface area contributed by atoms with Crippen LogP contribution in [0.4, 0.5) is 11.6 Å². The molecule has 0 radical (unpaired) electrons. The van der Waals surface area contributed by atoms with E-state index in [4.69, 9.17) is 0 Å². The number of hydrogen-bond acceptors (Lipinski definition) is 4. The Kier molecular flexibility index (Phi) is 23.4. The van der Waals surface area contributed by atoms with Gasteiger partial charge in [-0.05, 0) is 25.0 Å². The van der Waals surface area contributed by atoms with E-state index in [1.807, 2.05) is 28.8 Å². The highest BCUT2D eigenvalue weighted by Gasteiger charge is 2.37. The van der Waals surface area contributed by atoms with Gasteiger partial charge in [-0.25, -0.2) is 5.01 Å². The van der Waals surface area contributed by atoms with Gasteiger partial charge in [-0.15, -0.1) is 10.2 Å². The number of hydrazine groups is 1. The molecular formula is C44H75N5O2. The lowest BCUT2D eigenvalue weighted by Crippen LogP contribution is -2.53. The van der Waals surface area contributed by atoms with Crippen molar-refractivity contribution in [3.05, 3.63) is 30.6 Å². The van der Waals surface area contributed by atoms with Crippen LogP contribution in [0.3, 0.4) is 0 Å². The molecule has 3 rings (SSSR count). The Morgan fingerprint density at radius 3 is 1.18 bits per heavy atom. The molecule has 0 aliphatic carbocycles. The molecule has 7 heteroatoms. The van der Waals surface area contributed by atoms with Gasteiger partial charge in [0, 0.05) is 12.8 Å². The number of hydrogen-bond donors (Lipinski definition) is 0. The van der Waals surface area contributed by atoms with Crippen molar-refractivity contribution in [3.8, 4) is 5.69 Å². The smallest absolute Gasteiger partial charge is 0.258 e. The normalized spacial score (nSPS) is 12.4. The quantitative estimate of drug-likeness (QED) is 0.0710. The van der Waals surface area contributed by atoms with Crippen LogP contribution in [0, 0.1) is 0 Å². The number of carbonyl (C=O) groups is 2. The molecule has 0 fully saturated rings. The van der Waals surface area contributed by atoms with Crippen molar-refractivity contribution in [1.29, 1.82) is 0 Å². The minimum Gasteiger partial charge on any atom is -0.273 e. The summed E-state index contributed by atoms with van der Waals surface area (Å²) < 4.78 is 1.83. The average molecular weight is 706 g/mol. The number of anilines is 2. The zero-order valence-corrected chi connectivity index (χ0v) is 33.1. The third-order valence-corrected chi connectivity index (χ3v) is 10.7. The number of benzene rings is 1. The van der Waals surface area contributed by atoms with Crippen molar-refractivity contribution in [3.63, 3.8) is 0 Å². The minimum atomic E-state index is -0.0849. The molecule has 1 aromatic heterocycles. The summed E-state index contributed by atoms with van der Waals surface area (Å²) >= 11 is 0. The van der Waals surface area contributed by atoms with Gasteiger partial charge >= 0.3 is 0 Å². The van der Waals surface area contributed by atoms with Gasteiger partial charge in [-0.2, -0.15) is 5.01 Å². The molecule has 0 unspecified atom stereocenters. The highest BCUT2D eigenvalue weighted by Crippen LogP contribution is 2.36. The number of fused-ring (bicyclic) bond motifs is 3. The van der Waals surface area contributed by atoms with E-state index in [9.17, 15) is 9.59 Å². The molecule has 1 aromatic carbocycles. The number of aromatic nitrogens is 3. The molecule has 51 heavy (non-hydrogen) atoms. The molecule has 7 nitrogen and oxygen atoms in total. The van der Waals surface area contributed by atoms with Crippen LogP contribution in [0.25, 0.3) is 5.69 Å². The summed E-state index contributed by atoms with van der Waals surface area (Å²) in [5, 5.41) is 11.5. The van der Waals surface area contributed by atoms with Gasteiger partial charge in [-0.1, -0.05) is 206 Å². The summed E-state index contributed by atoms with van der Waals surface area (Å²) in [6.45, 7) is 4.56. The number of unbranched alkanes of at least 4 members (excludes halogenated alkanes) is 28. The fourth-order valence-electron chi connectivity index (χ4n) is 7.56. The monoisotopic (exact) mass is 706 g/mol. The third-order valence-electron chi connectivity index (χ3n) is 10.7. The molecule has 0 atom stereocenters. The van der Waals surface area contributed by atoms with E-state index in [-0.39, 0.29) is 11.8 Å². The first-order valence-corrected chi connectivity index (χ1v) is 21.8. The molecule has 1 aliphatic heterocycles. The van der Waals surface area contributed by atoms with Gasteiger partial charge in [0.1, 0.15) is 6.33 Å². The minimum absolute atomic E-state index is 0.0452. The number of carbonyl (C=O) groups excluding carboxylic acids is 2. The van der Waals surface area contributed by atoms with Gasteiger partial charge in [0.2, 0.25) is 11.8 Å². The maximum Gasteiger partial charge on any atom is 0.258 e. The summed E-state index contributed by atoms with van der Waals surface area (Å²) in [5.41, 5.74) is 1.55. The highest BCUT2D eigenvalue weighted by molar-refractivity contribution is 6.08. The van der Waals surface area contributed by atoms with Crippen molar-refractivity contribution in [1.82, 2.24) is 14.8 Å². The Morgan fingerprint density at radius 1 is 0.451 bits per heavy atom. The van der Waals surface area contributed by atoms with E-state index in [1.54, 1.807) is 11.3 Å². The second-order valence-corrected chi connectivity index (χ2v) is 15.3. The van der Waals surface area contributed by atoms with Crippen molar-refractivity contribution in [2.75, 3.05) is 10.0 Å². The lowest BCUT2D eigenvalue weighted by atomic mass is 10.0. The molecule has 1 aliphatic rings. The Balaban J connectivity index is 1.33. The summed E-state index contributed by atoms with van der Waals surface area (Å²) in [4.78, 5) is 27.6. The Bertz CT molecular complexity index is 1180. The number of para-hydroxylation sites is 2. The molecular weight excluding hydrogens is 631 g/mol. The van der Waals surface area contributed by atoms with Crippen LogP contribution in [-0.2, 0) is 9.59 Å². The fraction of sp³-hybridized carbons (Fsp3) is 0.773. The molecule has 2 aromatic rings. The van der Waals surface area contributed by atoms with Gasteiger partial charge in [-0.3, -0.25) is 14.2 Å². The summed E-state index contributed by atoms with van der Waals surface area (Å²) in [6, 6.07) is 7.77. The largest absolute Gasteiger partial charge is 0.273 e. The number of nitrogens with zero attached hydrogens (tertiary/aromatic N) is 5. The summed E-state index contributed by atoms with van der Waals surface area (Å²) in [5.74, 6) is 0.277. The molecule has 2 amide bonds. The SMILES string of the molecule is CCCCCCCCCCCCCCCCCC(=O)N1c2ccccc2-n2cnnc2N1C(=O)CCCCCCCCCCCCCCCCC. The fourth-order valence-corrected chi connectivity index (χ4v) is 7.56. The standard InChI is InChI=1S/C44H75N5O2/c1-3-5-7-9-11-13-15-17-19-21-23-25-27-29-31-37-42(50)48-41-36-34-33-35-40(41)47-39-45-46-44(47)49(48)43(51)38-32-30-28-26-24-22-20-18-16-14-12-10-8-6-4-2/h33-36,39H,3-32,37-38H2,1-2H3.